The van der Waals surface area contributed by atoms with E-state index in [2.05, 4.69) is 10.2 Å². The third-order valence-corrected chi connectivity index (χ3v) is 8.31. The topological polar surface area (TPSA) is 32.3 Å². The van der Waals surface area contributed by atoms with Gasteiger partial charge in [0.2, 0.25) is 5.91 Å². The van der Waals surface area contributed by atoms with Crippen molar-refractivity contribution in [2.75, 3.05) is 13.1 Å². The van der Waals surface area contributed by atoms with Crippen LogP contribution in [0.1, 0.15) is 83.5 Å². The normalized spacial score (nSPS) is 44.3. The van der Waals surface area contributed by atoms with E-state index in [4.69, 9.17) is 0 Å². The molecule has 6 rings (SSSR count). The third-order valence-electron chi connectivity index (χ3n) is 8.31. The molecule has 5 aliphatic carbocycles. The van der Waals surface area contributed by atoms with Crippen molar-refractivity contribution in [2.45, 2.75) is 95.1 Å². The number of hydrogen-bond donors (Lipinski definition) is 1. The number of carbonyl (C=O) groups excluding carboxylic acids is 1. The monoisotopic (exact) mass is 344 g/mol. The number of carbonyl (C=O) groups is 1. The molecule has 0 spiro atoms. The van der Waals surface area contributed by atoms with E-state index in [0.717, 1.165) is 36.6 Å². The molecule has 1 saturated heterocycles. The molecule has 6 fully saturated rings. The van der Waals surface area contributed by atoms with Crippen LogP contribution in [0, 0.1) is 23.7 Å². The Morgan fingerprint density at radius 1 is 0.880 bits per heavy atom. The second-order valence-corrected chi connectivity index (χ2v) is 10.3. The van der Waals surface area contributed by atoms with Crippen molar-refractivity contribution in [3.8, 4) is 0 Å². The lowest BCUT2D eigenvalue weighted by atomic mass is 9.53. The molecule has 140 valence electrons. The molecule has 0 unspecified atom stereocenters. The Morgan fingerprint density at radius 2 is 1.52 bits per heavy atom. The molecule has 0 radical (unpaired) electrons. The minimum atomic E-state index is 0.176. The molecular weight excluding hydrogens is 308 g/mol. The fourth-order valence-corrected chi connectivity index (χ4v) is 7.65. The highest BCUT2D eigenvalue weighted by Gasteiger charge is 2.52. The van der Waals surface area contributed by atoms with Gasteiger partial charge >= 0.3 is 0 Å². The van der Waals surface area contributed by atoms with Crippen molar-refractivity contribution >= 4 is 5.91 Å². The van der Waals surface area contributed by atoms with E-state index in [1.807, 2.05) is 0 Å². The van der Waals surface area contributed by atoms with Gasteiger partial charge in [0.15, 0.2) is 0 Å². The Labute approximate surface area is 153 Å². The molecule has 1 N–H and O–H groups in total. The van der Waals surface area contributed by atoms with Crippen LogP contribution in [0.3, 0.4) is 0 Å². The molecule has 0 aromatic rings. The number of nitrogens with one attached hydrogen (secondary N) is 1. The van der Waals surface area contributed by atoms with Crippen LogP contribution in [-0.2, 0) is 4.79 Å². The summed E-state index contributed by atoms with van der Waals surface area (Å²) in [6.07, 6.45) is 17.5. The summed E-state index contributed by atoms with van der Waals surface area (Å²) in [5, 5.41) is 3.65. The van der Waals surface area contributed by atoms with E-state index in [1.165, 1.54) is 83.6 Å². The molecular formula is C22H36N2O. The molecule has 6 aliphatic rings. The second-order valence-electron chi connectivity index (χ2n) is 10.3. The van der Waals surface area contributed by atoms with Crippen molar-refractivity contribution in [3.63, 3.8) is 0 Å². The van der Waals surface area contributed by atoms with Crippen LogP contribution in [0.25, 0.3) is 0 Å². The van der Waals surface area contributed by atoms with Gasteiger partial charge in [-0.25, -0.2) is 0 Å². The van der Waals surface area contributed by atoms with E-state index in [-0.39, 0.29) is 11.6 Å². The van der Waals surface area contributed by atoms with E-state index >= 15 is 0 Å². The smallest absolute Gasteiger partial charge is 0.237 e. The number of hydrogen-bond acceptors (Lipinski definition) is 2. The summed E-state index contributed by atoms with van der Waals surface area (Å²) < 4.78 is 0. The molecule has 3 heteroatoms. The van der Waals surface area contributed by atoms with E-state index in [9.17, 15) is 4.79 Å². The summed E-state index contributed by atoms with van der Waals surface area (Å²) in [5.41, 5.74) is 0.185. The van der Waals surface area contributed by atoms with Crippen molar-refractivity contribution in [2.24, 2.45) is 23.7 Å². The van der Waals surface area contributed by atoms with Crippen molar-refractivity contribution in [3.05, 3.63) is 0 Å². The Morgan fingerprint density at radius 3 is 2.16 bits per heavy atom. The molecule has 0 aromatic heterocycles. The Hall–Kier alpha value is -0.570. The van der Waals surface area contributed by atoms with Crippen LogP contribution in [0.2, 0.25) is 0 Å². The van der Waals surface area contributed by atoms with Crippen LogP contribution in [0.5, 0.6) is 0 Å². The van der Waals surface area contributed by atoms with Gasteiger partial charge in [0.25, 0.3) is 0 Å². The largest absolute Gasteiger partial charge is 0.349 e. The second kappa shape index (κ2) is 6.55. The van der Waals surface area contributed by atoms with Crippen LogP contribution in [0.4, 0.5) is 0 Å². The lowest BCUT2D eigenvalue weighted by Crippen LogP contribution is -2.62. The fraction of sp³-hybridized carbons (Fsp3) is 0.955. The summed E-state index contributed by atoms with van der Waals surface area (Å²) in [7, 11) is 0. The van der Waals surface area contributed by atoms with Gasteiger partial charge in [-0.2, -0.15) is 0 Å². The zero-order valence-electron chi connectivity index (χ0n) is 15.8. The predicted molar refractivity (Wildman–Crippen MR) is 100 cm³/mol. The molecule has 3 nitrogen and oxygen atoms in total. The van der Waals surface area contributed by atoms with Crippen molar-refractivity contribution in [1.82, 2.24) is 10.2 Å². The van der Waals surface area contributed by atoms with E-state index in [0.29, 0.717) is 5.91 Å². The number of rotatable bonds is 4. The van der Waals surface area contributed by atoms with Crippen LogP contribution >= 0.6 is 0 Å². The maximum Gasteiger partial charge on any atom is 0.237 e. The lowest BCUT2D eigenvalue weighted by molar-refractivity contribution is -0.131. The highest BCUT2D eigenvalue weighted by Crippen LogP contribution is 2.55. The third kappa shape index (κ3) is 3.26. The van der Waals surface area contributed by atoms with Gasteiger partial charge in [0, 0.05) is 12.1 Å². The Kier molecular flexibility index (Phi) is 4.35. The molecule has 5 saturated carbocycles. The highest BCUT2D eigenvalue weighted by molar-refractivity contribution is 5.82. The van der Waals surface area contributed by atoms with E-state index < -0.39 is 0 Å². The number of nitrogens with zero attached hydrogens (tertiary/aromatic N) is 1. The molecule has 0 aromatic carbocycles. The molecule has 1 amide bonds. The lowest BCUT2D eigenvalue weighted by Gasteiger charge is -2.57. The molecule has 1 aliphatic heterocycles. The highest BCUT2D eigenvalue weighted by atomic mass is 16.2. The summed E-state index contributed by atoms with van der Waals surface area (Å²) in [6.45, 7) is 2.33. The van der Waals surface area contributed by atoms with Crippen molar-refractivity contribution in [1.29, 1.82) is 0 Å². The SMILES string of the molecule is O=C(NC12CC3CC(CC(C3)C1)C2)[C@H]1CCCN1CC1CCCCC1. The molecule has 1 atom stereocenters. The minimum absolute atomic E-state index is 0.176. The average molecular weight is 345 g/mol. The Bertz CT molecular complexity index is 475. The number of amides is 1. The summed E-state index contributed by atoms with van der Waals surface area (Å²) in [4.78, 5) is 15.8. The first kappa shape index (κ1) is 16.6. The summed E-state index contributed by atoms with van der Waals surface area (Å²) in [6, 6.07) is 0.176. The van der Waals surface area contributed by atoms with Crippen molar-refractivity contribution < 1.29 is 4.79 Å². The molecule has 25 heavy (non-hydrogen) atoms. The first-order valence-electron chi connectivity index (χ1n) is 11.3. The molecule has 4 bridgehead atoms. The quantitative estimate of drug-likeness (QED) is 0.832. The average Bonchev–Trinajstić information content (AvgIpc) is 3.02. The van der Waals surface area contributed by atoms with Crippen LogP contribution in [0.15, 0.2) is 0 Å². The first-order valence-corrected chi connectivity index (χ1v) is 11.3. The van der Waals surface area contributed by atoms with Gasteiger partial charge in [-0.05, 0) is 94.4 Å². The first-order chi connectivity index (χ1) is 12.2. The van der Waals surface area contributed by atoms with Crippen LogP contribution < -0.4 is 5.32 Å². The fourth-order valence-electron chi connectivity index (χ4n) is 7.65. The van der Waals surface area contributed by atoms with Gasteiger partial charge in [0.05, 0.1) is 6.04 Å². The van der Waals surface area contributed by atoms with Gasteiger partial charge in [-0.1, -0.05) is 19.3 Å². The zero-order valence-corrected chi connectivity index (χ0v) is 15.8. The summed E-state index contributed by atoms with van der Waals surface area (Å²) >= 11 is 0. The minimum Gasteiger partial charge on any atom is -0.349 e. The standard InChI is InChI=1S/C22H36N2O/c25-21(20-7-4-8-24(20)15-16-5-2-1-3-6-16)23-22-12-17-9-18(13-22)11-19(10-17)14-22/h16-20H,1-15H2,(H,23,25)/t17?,18?,19?,20-,22?/m1/s1. The predicted octanol–water partition coefficient (Wildman–Crippen LogP) is 4.12. The summed E-state index contributed by atoms with van der Waals surface area (Å²) in [5.74, 6) is 3.97. The van der Waals surface area contributed by atoms with Gasteiger partial charge < -0.3 is 5.32 Å². The van der Waals surface area contributed by atoms with Crippen LogP contribution in [-0.4, -0.2) is 35.5 Å². The molecule has 1 heterocycles. The zero-order chi connectivity index (χ0) is 16.9. The Balaban J connectivity index is 1.23. The van der Waals surface area contributed by atoms with Gasteiger partial charge in [-0.3, -0.25) is 9.69 Å². The maximum atomic E-state index is 13.2. The maximum absolute atomic E-state index is 13.2. The van der Waals surface area contributed by atoms with Gasteiger partial charge in [0.1, 0.15) is 0 Å². The number of likely N-dealkylation sites (tertiary alicyclic amines) is 1. The van der Waals surface area contributed by atoms with E-state index in [1.54, 1.807) is 0 Å². The van der Waals surface area contributed by atoms with Gasteiger partial charge in [-0.15, -0.1) is 0 Å².